The topological polar surface area (TPSA) is 66.8 Å². The summed E-state index contributed by atoms with van der Waals surface area (Å²) < 4.78 is 6.47. The first kappa shape index (κ1) is 18.5. The maximum atomic E-state index is 12.4. The van der Waals surface area contributed by atoms with Gasteiger partial charge in [-0.2, -0.15) is 0 Å². The molecule has 128 valence electrons. The van der Waals surface area contributed by atoms with Crippen LogP contribution in [0.3, 0.4) is 0 Å². The van der Waals surface area contributed by atoms with Crippen molar-refractivity contribution in [2.45, 2.75) is 58.1 Å². The van der Waals surface area contributed by atoms with Gasteiger partial charge in [-0.15, -0.1) is 11.3 Å². The van der Waals surface area contributed by atoms with Crippen molar-refractivity contribution in [3.63, 3.8) is 0 Å². The molecule has 1 atom stereocenters. The number of thiophene rings is 1. The molecule has 5 nitrogen and oxygen atoms in total. The summed E-state index contributed by atoms with van der Waals surface area (Å²) in [7, 11) is 1.76. The van der Waals surface area contributed by atoms with Crippen molar-refractivity contribution in [1.82, 2.24) is 4.90 Å². The summed E-state index contributed by atoms with van der Waals surface area (Å²) in [6.45, 7) is 7.58. The van der Waals surface area contributed by atoms with Crippen molar-refractivity contribution in [1.29, 1.82) is 0 Å². The van der Waals surface area contributed by atoms with Crippen molar-refractivity contribution in [2.75, 3.05) is 7.05 Å². The molecule has 1 unspecified atom stereocenters. The van der Waals surface area contributed by atoms with Crippen LogP contribution < -0.4 is 0 Å². The van der Waals surface area contributed by atoms with E-state index in [1.54, 1.807) is 11.9 Å². The Hall–Kier alpha value is -0.830. The Balaban J connectivity index is 2.26. The van der Waals surface area contributed by atoms with E-state index in [1.807, 2.05) is 27.7 Å². The number of fused-ring (bicyclic) bond motifs is 1. The molecule has 0 bridgehead atoms. The number of nitrogens with zero attached hydrogens (tertiary/aromatic N) is 1. The lowest BCUT2D eigenvalue weighted by Gasteiger charge is -2.42. The number of hydrogen-bond acceptors (Lipinski definition) is 4. The third kappa shape index (κ3) is 3.81. The van der Waals surface area contributed by atoms with Crippen LogP contribution >= 0.6 is 33.9 Å². The summed E-state index contributed by atoms with van der Waals surface area (Å²) in [4.78, 5) is 25.9. The van der Waals surface area contributed by atoms with Crippen LogP contribution in [0.1, 0.15) is 54.9 Å². The number of amides is 1. The van der Waals surface area contributed by atoms with Crippen LogP contribution in [0.4, 0.5) is 4.79 Å². The van der Waals surface area contributed by atoms with E-state index >= 15 is 0 Å². The van der Waals surface area contributed by atoms with Gasteiger partial charge >= 0.3 is 12.1 Å². The molecular formula is C16H22INO4S. The number of aromatic carboxylic acids is 1. The van der Waals surface area contributed by atoms with Crippen LogP contribution in [0.15, 0.2) is 0 Å². The van der Waals surface area contributed by atoms with Crippen LogP contribution in [0, 0.1) is 2.88 Å². The fourth-order valence-electron chi connectivity index (χ4n) is 2.78. The molecule has 1 aliphatic rings. The normalized spacial score (nSPS) is 20.8. The summed E-state index contributed by atoms with van der Waals surface area (Å²) in [6.07, 6.45) is 1.70. The maximum absolute atomic E-state index is 12.4. The predicted molar refractivity (Wildman–Crippen MR) is 98.4 cm³/mol. The number of carbonyl (C=O) groups excluding carboxylic acids is 1. The molecule has 1 amide bonds. The second kappa shape index (κ2) is 6.23. The summed E-state index contributed by atoms with van der Waals surface area (Å²) in [6, 6.07) is 0. The molecule has 1 aliphatic carbocycles. The number of carboxylic acids is 1. The third-order valence-electron chi connectivity index (χ3n) is 4.21. The molecule has 0 aromatic carbocycles. The van der Waals surface area contributed by atoms with Crippen molar-refractivity contribution >= 4 is 46.0 Å². The Morgan fingerprint density at radius 1 is 1.35 bits per heavy atom. The molecule has 2 rings (SSSR count). The van der Waals surface area contributed by atoms with E-state index < -0.39 is 11.6 Å². The Bertz CT molecular complexity index is 649. The molecular weight excluding hydrogens is 429 g/mol. The van der Waals surface area contributed by atoms with Gasteiger partial charge in [0.25, 0.3) is 0 Å². The van der Waals surface area contributed by atoms with Gasteiger partial charge in [0, 0.05) is 12.6 Å². The highest BCUT2D eigenvalue weighted by molar-refractivity contribution is 14.1. The molecule has 7 heteroatoms. The van der Waals surface area contributed by atoms with Crippen LogP contribution in [0.2, 0.25) is 0 Å². The third-order valence-corrected chi connectivity index (χ3v) is 6.57. The molecule has 0 aliphatic heterocycles. The minimum atomic E-state index is -0.863. The summed E-state index contributed by atoms with van der Waals surface area (Å²) in [5.74, 6) is -0.863. The van der Waals surface area contributed by atoms with Gasteiger partial charge in [0.2, 0.25) is 0 Å². The Morgan fingerprint density at radius 3 is 2.48 bits per heavy atom. The average Bonchev–Trinajstić information content (AvgIpc) is 2.73. The van der Waals surface area contributed by atoms with Gasteiger partial charge < -0.3 is 14.7 Å². The zero-order chi connectivity index (χ0) is 17.6. The molecule has 1 aromatic rings. The monoisotopic (exact) mass is 451 g/mol. The van der Waals surface area contributed by atoms with Gasteiger partial charge in [0.05, 0.1) is 2.88 Å². The summed E-state index contributed by atoms with van der Waals surface area (Å²) in [5, 5.41) is 9.33. The Kier molecular flexibility index (Phi) is 5.02. The number of likely N-dealkylation sites (N-methyl/N-ethyl adjacent to an activating group) is 1. The Labute approximate surface area is 154 Å². The van der Waals surface area contributed by atoms with Gasteiger partial charge in [-0.3, -0.25) is 0 Å². The lowest BCUT2D eigenvalue weighted by atomic mass is 9.79. The van der Waals surface area contributed by atoms with E-state index in [4.69, 9.17) is 4.74 Å². The van der Waals surface area contributed by atoms with E-state index in [9.17, 15) is 14.7 Å². The first-order valence-electron chi connectivity index (χ1n) is 7.45. The standard InChI is InChI=1S/C16H22INO4S/c1-15(2,3)22-14(21)18(5)16(4)7-6-9-10(8-16)12(17)23-11(9)13(19)20/h6-8H2,1-5H3,(H,19,20). The lowest BCUT2D eigenvalue weighted by molar-refractivity contribution is 0.00543. The van der Waals surface area contributed by atoms with Crippen molar-refractivity contribution in [2.24, 2.45) is 0 Å². The number of carboxylic acid groups (broad SMARTS) is 1. The van der Waals surface area contributed by atoms with Crippen LogP contribution in [-0.2, 0) is 17.6 Å². The van der Waals surface area contributed by atoms with Gasteiger partial charge in [0.15, 0.2) is 0 Å². The number of carbonyl (C=O) groups is 2. The summed E-state index contributed by atoms with van der Waals surface area (Å²) >= 11 is 3.52. The molecule has 1 heterocycles. The Morgan fingerprint density at radius 2 is 1.96 bits per heavy atom. The minimum absolute atomic E-state index is 0.341. The van der Waals surface area contributed by atoms with E-state index in [1.165, 1.54) is 11.3 Å². The van der Waals surface area contributed by atoms with Gasteiger partial charge in [0.1, 0.15) is 10.5 Å². The van der Waals surface area contributed by atoms with Crippen LogP contribution in [-0.4, -0.2) is 40.3 Å². The van der Waals surface area contributed by atoms with Crippen LogP contribution in [0.5, 0.6) is 0 Å². The van der Waals surface area contributed by atoms with Gasteiger partial charge in [-0.1, -0.05) is 0 Å². The number of rotatable bonds is 2. The van der Waals surface area contributed by atoms with E-state index in [-0.39, 0.29) is 11.6 Å². The van der Waals surface area contributed by atoms with Crippen LogP contribution in [0.25, 0.3) is 0 Å². The molecule has 0 spiro atoms. The number of hydrogen-bond donors (Lipinski definition) is 1. The van der Waals surface area contributed by atoms with E-state index in [0.29, 0.717) is 17.7 Å². The largest absolute Gasteiger partial charge is 0.477 e. The molecule has 1 aromatic heterocycles. The SMILES string of the molecule is CN(C(=O)OC(C)(C)C)C1(C)CCc2c(C(=O)O)sc(I)c2C1. The highest BCUT2D eigenvalue weighted by Gasteiger charge is 2.40. The second-order valence-corrected chi connectivity index (χ2v) is 10.0. The zero-order valence-electron chi connectivity index (χ0n) is 14.0. The first-order valence-corrected chi connectivity index (χ1v) is 9.34. The maximum Gasteiger partial charge on any atom is 0.410 e. The quantitative estimate of drug-likeness (QED) is 0.686. The number of halogens is 1. The second-order valence-electron chi connectivity index (χ2n) is 7.18. The minimum Gasteiger partial charge on any atom is -0.477 e. The molecule has 0 fully saturated rings. The highest BCUT2D eigenvalue weighted by atomic mass is 127. The fraction of sp³-hybridized carbons (Fsp3) is 0.625. The number of ether oxygens (including phenoxy) is 1. The van der Waals surface area contributed by atoms with Crippen molar-refractivity contribution < 1.29 is 19.4 Å². The predicted octanol–water partition coefficient (Wildman–Crippen LogP) is 4.17. The smallest absolute Gasteiger partial charge is 0.410 e. The molecule has 1 N–H and O–H groups in total. The van der Waals surface area contributed by atoms with Crippen molar-refractivity contribution in [3.8, 4) is 0 Å². The zero-order valence-corrected chi connectivity index (χ0v) is 17.0. The summed E-state index contributed by atoms with van der Waals surface area (Å²) in [5.41, 5.74) is 1.10. The first-order chi connectivity index (χ1) is 10.4. The van der Waals surface area contributed by atoms with E-state index in [2.05, 4.69) is 22.6 Å². The van der Waals surface area contributed by atoms with Crippen molar-refractivity contribution in [3.05, 3.63) is 18.9 Å². The molecule has 0 saturated carbocycles. The molecule has 0 radical (unpaired) electrons. The lowest BCUT2D eigenvalue weighted by Crippen LogP contribution is -2.52. The van der Waals surface area contributed by atoms with Gasteiger partial charge in [-0.25, -0.2) is 9.59 Å². The molecule has 23 heavy (non-hydrogen) atoms. The fourth-order valence-corrected chi connectivity index (χ4v) is 4.89. The molecule has 0 saturated heterocycles. The highest BCUT2D eigenvalue weighted by Crippen LogP contribution is 2.40. The van der Waals surface area contributed by atoms with E-state index in [0.717, 1.165) is 20.4 Å². The average molecular weight is 451 g/mol. The van der Waals surface area contributed by atoms with Gasteiger partial charge in [-0.05, 0) is 80.7 Å².